The lowest BCUT2D eigenvalue weighted by atomic mass is 10.1. The van der Waals surface area contributed by atoms with Crippen LogP contribution in [0.15, 0.2) is 30.5 Å². The fourth-order valence-electron chi connectivity index (χ4n) is 2.75. The summed E-state index contributed by atoms with van der Waals surface area (Å²) in [4.78, 5) is 25.7. The van der Waals surface area contributed by atoms with Gasteiger partial charge < -0.3 is 20.3 Å². The number of carbonyl (C=O) groups excluding carboxylic acids is 2. The van der Waals surface area contributed by atoms with E-state index in [1.807, 2.05) is 58.0 Å². The maximum Gasteiger partial charge on any atom is 0.410 e. The van der Waals surface area contributed by atoms with Gasteiger partial charge in [-0.2, -0.15) is 0 Å². The molecular weight excluding hydrogens is 330 g/mol. The van der Waals surface area contributed by atoms with Gasteiger partial charge in [0, 0.05) is 25.3 Å². The van der Waals surface area contributed by atoms with Crippen LogP contribution in [-0.2, 0) is 4.74 Å². The Balaban J connectivity index is 1.72. The molecule has 6 nitrogen and oxygen atoms in total. The summed E-state index contributed by atoms with van der Waals surface area (Å²) in [6.45, 7) is 8.76. The third kappa shape index (κ3) is 6.78. The molecule has 0 spiro atoms. The number of ether oxygens (including phenoxy) is 1. The van der Waals surface area contributed by atoms with Crippen molar-refractivity contribution in [2.45, 2.75) is 52.2 Å². The van der Waals surface area contributed by atoms with Crippen molar-refractivity contribution in [1.29, 1.82) is 0 Å². The van der Waals surface area contributed by atoms with Crippen LogP contribution < -0.4 is 10.6 Å². The van der Waals surface area contributed by atoms with E-state index >= 15 is 0 Å². The van der Waals surface area contributed by atoms with Gasteiger partial charge in [-0.25, -0.2) is 9.59 Å². The molecule has 0 aromatic heterocycles. The highest BCUT2D eigenvalue weighted by molar-refractivity contribution is 5.76. The molecule has 0 bridgehead atoms. The van der Waals surface area contributed by atoms with Crippen molar-refractivity contribution in [1.82, 2.24) is 15.5 Å². The maximum absolute atomic E-state index is 12.0. The standard InChI is InChI=1S/C20H29N3O3/c1-15-6-5-7-16(14-15)8-11-21-18(24)22-17-9-12-23(13-10-17)19(25)26-20(2,3)4/h5-8,11,14,17H,9-10,12-13H2,1-4H3,(H2,21,22,24)/b11-8+. The number of nitrogens with zero attached hydrogens (tertiary/aromatic N) is 1. The van der Waals surface area contributed by atoms with E-state index in [1.165, 1.54) is 5.56 Å². The van der Waals surface area contributed by atoms with Crippen molar-refractivity contribution >= 4 is 18.2 Å². The van der Waals surface area contributed by atoms with Crippen LogP contribution in [0.25, 0.3) is 6.08 Å². The number of urea groups is 1. The lowest BCUT2D eigenvalue weighted by Gasteiger charge is -2.33. The highest BCUT2D eigenvalue weighted by Gasteiger charge is 2.27. The van der Waals surface area contributed by atoms with Crippen LogP contribution in [0.5, 0.6) is 0 Å². The topological polar surface area (TPSA) is 70.7 Å². The lowest BCUT2D eigenvalue weighted by molar-refractivity contribution is 0.0201. The first-order chi connectivity index (χ1) is 12.2. The number of aryl methyl sites for hydroxylation is 1. The molecule has 1 aromatic rings. The lowest BCUT2D eigenvalue weighted by Crippen LogP contribution is -2.49. The Hall–Kier alpha value is -2.50. The largest absolute Gasteiger partial charge is 0.444 e. The summed E-state index contributed by atoms with van der Waals surface area (Å²) >= 11 is 0. The normalized spacial score (nSPS) is 15.8. The smallest absolute Gasteiger partial charge is 0.410 e. The third-order valence-electron chi connectivity index (χ3n) is 4.01. The molecule has 0 atom stereocenters. The minimum Gasteiger partial charge on any atom is -0.444 e. The minimum absolute atomic E-state index is 0.0565. The molecule has 3 amide bonds. The molecular formula is C20H29N3O3. The van der Waals surface area contributed by atoms with Gasteiger partial charge in [0.1, 0.15) is 5.60 Å². The molecule has 2 N–H and O–H groups in total. The second-order valence-corrected chi connectivity index (χ2v) is 7.61. The number of rotatable bonds is 3. The Labute approximate surface area is 155 Å². The molecule has 1 saturated heterocycles. The molecule has 0 saturated carbocycles. The molecule has 2 rings (SSSR count). The zero-order valence-electron chi connectivity index (χ0n) is 16.0. The van der Waals surface area contributed by atoms with Gasteiger partial charge in [-0.15, -0.1) is 0 Å². The van der Waals surface area contributed by atoms with Crippen LogP contribution in [0.4, 0.5) is 9.59 Å². The van der Waals surface area contributed by atoms with Gasteiger partial charge >= 0.3 is 12.1 Å². The molecule has 0 radical (unpaired) electrons. The van der Waals surface area contributed by atoms with E-state index < -0.39 is 5.60 Å². The quantitative estimate of drug-likeness (QED) is 0.865. The van der Waals surface area contributed by atoms with E-state index in [-0.39, 0.29) is 18.2 Å². The van der Waals surface area contributed by atoms with Crippen molar-refractivity contribution in [3.63, 3.8) is 0 Å². The number of likely N-dealkylation sites (tertiary alicyclic amines) is 1. The fourth-order valence-corrected chi connectivity index (χ4v) is 2.75. The second kappa shape index (κ2) is 8.74. The molecule has 1 fully saturated rings. The van der Waals surface area contributed by atoms with Gasteiger partial charge in [0.25, 0.3) is 0 Å². The fraction of sp³-hybridized carbons (Fsp3) is 0.500. The SMILES string of the molecule is Cc1cccc(/C=C/NC(=O)NC2CCN(C(=O)OC(C)(C)C)CC2)c1. The number of piperidine rings is 1. The molecule has 1 heterocycles. The molecule has 1 aromatic carbocycles. The molecule has 142 valence electrons. The van der Waals surface area contributed by atoms with Crippen molar-refractivity contribution in [2.75, 3.05) is 13.1 Å². The van der Waals surface area contributed by atoms with Gasteiger partial charge in [0.15, 0.2) is 0 Å². The summed E-state index contributed by atoms with van der Waals surface area (Å²) in [5, 5.41) is 5.67. The maximum atomic E-state index is 12.0. The van der Waals surface area contributed by atoms with Crippen molar-refractivity contribution in [2.24, 2.45) is 0 Å². The Morgan fingerprint density at radius 3 is 2.54 bits per heavy atom. The molecule has 6 heteroatoms. The molecule has 26 heavy (non-hydrogen) atoms. The van der Waals surface area contributed by atoms with Crippen LogP contribution in [-0.4, -0.2) is 41.8 Å². The number of benzene rings is 1. The summed E-state index contributed by atoms with van der Waals surface area (Å²) in [6, 6.07) is 7.86. The van der Waals surface area contributed by atoms with E-state index in [4.69, 9.17) is 4.74 Å². The monoisotopic (exact) mass is 359 g/mol. The number of carbonyl (C=O) groups is 2. The Bertz CT molecular complexity index is 657. The van der Waals surface area contributed by atoms with E-state index in [0.29, 0.717) is 25.9 Å². The summed E-state index contributed by atoms with van der Waals surface area (Å²) in [5.41, 5.74) is 1.72. The van der Waals surface area contributed by atoms with Gasteiger partial charge in [-0.3, -0.25) is 0 Å². The first-order valence-electron chi connectivity index (χ1n) is 9.01. The molecule has 1 aliphatic rings. The van der Waals surface area contributed by atoms with Crippen molar-refractivity contribution in [3.05, 3.63) is 41.6 Å². The van der Waals surface area contributed by atoms with Gasteiger partial charge in [0.05, 0.1) is 0 Å². The number of hydrogen-bond acceptors (Lipinski definition) is 3. The van der Waals surface area contributed by atoms with Crippen molar-refractivity contribution < 1.29 is 14.3 Å². The Morgan fingerprint density at radius 1 is 1.23 bits per heavy atom. The predicted molar refractivity (Wildman–Crippen MR) is 103 cm³/mol. The number of amides is 3. The van der Waals surface area contributed by atoms with Crippen LogP contribution in [0.3, 0.4) is 0 Å². The van der Waals surface area contributed by atoms with E-state index in [1.54, 1.807) is 11.1 Å². The Kier molecular flexibility index (Phi) is 6.66. The average molecular weight is 359 g/mol. The van der Waals surface area contributed by atoms with Crippen molar-refractivity contribution in [3.8, 4) is 0 Å². The number of hydrogen-bond donors (Lipinski definition) is 2. The first-order valence-corrected chi connectivity index (χ1v) is 9.01. The van der Waals surface area contributed by atoms with E-state index in [9.17, 15) is 9.59 Å². The predicted octanol–water partition coefficient (Wildman–Crippen LogP) is 3.66. The van der Waals surface area contributed by atoms with Crippen LogP contribution >= 0.6 is 0 Å². The van der Waals surface area contributed by atoms with Gasteiger partial charge in [0.2, 0.25) is 0 Å². The summed E-state index contributed by atoms with van der Waals surface area (Å²) < 4.78 is 5.38. The second-order valence-electron chi connectivity index (χ2n) is 7.61. The zero-order chi connectivity index (χ0) is 19.2. The van der Waals surface area contributed by atoms with E-state index in [0.717, 1.165) is 5.56 Å². The minimum atomic E-state index is -0.490. The zero-order valence-corrected chi connectivity index (χ0v) is 16.0. The van der Waals surface area contributed by atoms with Gasteiger partial charge in [-0.1, -0.05) is 29.8 Å². The van der Waals surface area contributed by atoms with Crippen LogP contribution in [0.1, 0.15) is 44.7 Å². The molecule has 0 aliphatic carbocycles. The van der Waals surface area contributed by atoms with Crippen LogP contribution in [0.2, 0.25) is 0 Å². The summed E-state index contributed by atoms with van der Waals surface area (Å²) in [7, 11) is 0. The van der Waals surface area contributed by atoms with E-state index in [2.05, 4.69) is 10.6 Å². The molecule has 0 unspecified atom stereocenters. The number of nitrogens with one attached hydrogen (secondary N) is 2. The first kappa shape index (κ1) is 19.8. The Morgan fingerprint density at radius 2 is 1.92 bits per heavy atom. The van der Waals surface area contributed by atoms with Crippen LogP contribution in [0, 0.1) is 6.92 Å². The highest BCUT2D eigenvalue weighted by Crippen LogP contribution is 2.15. The highest BCUT2D eigenvalue weighted by atomic mass is 16.6. The summed E-state index contributed by atoms with van der Waals surface area (Å²) in [5.74, 6) is 0. The van der Waals surface area contributed by atoms with Gasteiger partial charge in [-0.05, 0) is 52.2 Å². The summed E-state index contributed by atoms with van der Waals surface area (Å²) in [6.07, 6.45) is 4.64. The molecule has 1 aliphatic heterocycles. The average Bonchev–Trinajstić information content (AvgIpc) is 2.54. The third-order valence-corrected chi connectivity index (χ3v) is 4.01.